The maximum absolute atomic E-state index is 11.4. The Kier molecular flexibility index (Phi) is 4.25. The highest BCUT2D eigenvalue weighted by Gasteiger charge is 2.07. The molecule has 0 fully saturated rings. The average Bonchev–Trinajstić information content (AvgIpc) is 2.46. The van der Waals surface area contributed by atoms with E-state index in [4.69, 9.17) is 10.5 Å². The van der Waals surface area contributed by atoms with Crippen molar-refractivity contribution in [3.8, 4) is 0 Å². The summed E-state index contributed by atoms with van der Waals surface area (Å²) in [6.07, 6.45) is 0. The Balaban J connectivity index is 2.11. The summed E-state index contributed by atoms with van der Waals surface area (Å²) < 4.78 is 4.70. The van der Waals surface area contributed by atoms with Gasteiger partial charge in [-0.15, -0.1) is 0 Å². The van der Waals surface area contributed by atoms with Gasteiger partial charge < -0.3 is 15.8 Å². The Morgan fingerprint density at radius 2 is 2.00 bits per heavy atom. The van der Waals surface area contributed by atoms with E-state index in [9.17, 15) is 4.79 Å². The first-order valence-electron chi connectivity index (χ1n) is 6.38. The molecule has 0 aliphatic carbocycles. The second-order valence-electron chi connectivity index (χ2n) is 4.57. The maximum atomic E-state index is 11.4. The van der Waals surface area contributed by atoms with E-state index in [1.165, 1.54) is 7.11 Å². The number of nitrogens with one attached hydrogen (secondary N) is 1. The van der Waals surface area contributed by atoms with Crippen molar-refractivity contribution in [2.24, 2.45) is 0 Å². The van der Waals surface area contributed by atoms with Gasteiger partial charge in [0, 0.05) is 17.9 Å². The maximum Gasteiger partial charge on any atom is 0.337 e. The predicted octanol–water partition coefficient (Wildman–Crippen LogP) is 2.98. The van der Waals surface area contributed by atoms with Gasteiger partial charge in [-0.25, -0.2) is 4.79 Å². The average molecular weight is 270 g/mol. The lowest BCUT2D eigenvalue weighted by Gasteiger charge is -2.12. The molecule has 0 aliphatic rings. The Labute approximate surface area is 118 Å². The van der Waals surface area contributed by atoms with Crippen LogP contribution in [0.3, 0.4) is 0 Å². The highest BCUT2D eigenvalue weighted by molar-refractivity contribution is 5.90. The largest absolute Gasteiger partial charge is 0.465 e. The van der Waals surface area contributed by atoms with Crippen LogP contribution in [0.25, 0.3) is 0 Å². The van der Waals surface area contributed by atoms with E-state index in [1.807, 2.05) is 43.3 Å². The van der Waals surface area contributed by atoms with Gasteiger partial charge >= 0.3 is 5.97 Å². The number of methoxy groups -OCH3 is 1. The zero-order valence-electron chi connectivity index (χ0n) is 11.6. The smallest absolute Gasteiger partial charge is 0.337 e. The Morgan fingerprint density at radius 3 is 2.65 bits per heavy atom. The van der Waals surface area contributed by atoms with E-state index in [0.717, 1.165) is 22.5 Å². The molecule has 0 spiro atoms. The van der Waals surface area contributed by atoms with E-state index >= 15 is 0 Å². The van der Waals surface area contributed by atoms with Crippen LogP contribution in [-0.2, 0) is 11.3 Å². The molecule has 20 heavy (non-hydrogen) atoms. The third kappa shape index (κ3) is 3.09. The monoisotopic (exact) mass is 270 g/mol. The van der Waals surface area contributed by atoms with Gasteiger partial charge in [0.15, 0.2) is 0 Å². The second-order valence-corrected chi connectivity index (χ2v) is 4.57. The van der Waals surface area contributed by atoms with Gasteiger partial charge in [0.05, 0.1) is 12.7 Å². The van der Waals surface area contributed by atoms with Crippen molar-refractivity contribution in [1.82, 2.24) is 0 Å². The molecule has 2 aromatic carbocycles. The molecule has 104 valence electrons. The third-order valence-corrected chi connectivity index (χ3v) is 3.17. The topological polar surface area (TPSA) is 64.3 Å². The van der Waals surface area contributed by atoms with E-state index in [2.05, 4.69) is 5.32 Å². The zero-order chi connectivity index (χ0) is 14.5. The molecule has 0 aliphatic heterocycles. The van der Waals surface area contributed by atoms with Crippen LogP contribution in [0.2, 0.25) is 0 Å². The molecule has 0 atom stereocenters. The van der Waals surface area contributed by atoms with Crippen LogP contribution in [0.5, 0.6) is 0 Å². The van der Waals surface area contributed by atoms with Gasteiger partial charge in [0.25, 0.3) is 0 Å². The van der Waals surface area contributed by atoms with Gasteiger partial charge in [-0.3, -0.25) is 0 Å². The molecule has 0 heterocycles. The van der Waals surface area contributed by atoms with Crippen LogP contribution in [0.15, 0.2) is 42.5 Å². The molecule has 4 nitrogen and oxygen atoms in total. The summed E-state index contributed by atoms with van der Waals surface area (Å²) in [7, 11) is 1.38. The number of ether oxygens (including phenoxy) is 1. The first-order chi connectivity index (χ1) is 9.61. The van der Waals surface area contributed by atoms with Gasteiger partial charge in [-0.05, 0) is 42.3 Å². The number of nitrogens with two attached hydrogens (primary N) is 1. The molecule has 2 aromatic rings. The number of nitrogen functional groups attached to an aromatic ring is 1. The molecular weight excluding hydrogens is 252 g/mol. The first kappa shape index (κ1) is 13.9. The van der Waals surface area contributed by atoms with Crippen molar-refractivity contribution in [2.75, 3.05) is 18.2 Å². The molecule has 0 saturated carbocycles. The fraction of sp³-hybridized carbons (Fsp3) is 0.188. The van der Waals surface area contributed by atoms with Crippen molar-refractivity contribution in [3.05, 3.63) is 59.2 Å². The highest BCUT2D eigenvalue weighted by atomic mass is 16.5. The third-order valence-electron chi connectivity index (χ3n) is 3.17. The summed E-state index contributed by atoms with van der Waals surface area (Å²) in [6, 6.07) is 13.2. The zero-order valence-corrected chi connectivity index (χ0v) is 11.6. The molecule has 3 N–H and O–H groups in total. The molecule has 0 aromatic heterocycles. The molecule has 0 amide bonds. The molecule has 0 bridgehead atoms. The lowest BCUT2D eigenvalue weighted by molar-refractivity contribution is 0.0600. The number of benzene rings is 2. The Bertz CT molecular complexity index is 624. The number of aryl methyl sites for hydroxylation is 1. The highest BCUT2D eigenvalue weighted by Crippen LogP contribution is 2.19. The Hall–Kier alpha value is -2.49. The SMILES string of the molecule is COC(=O)c1ccc(NCc2ccccc2N)c(C)c1. The second kappa shape index (κ2) is 6.10. The number of para-hydroxylation sites is 1. The van der Waals surface area contributed by atoms with Crippen LogP contribution in [0, 0.1) is 6.92 Å². The number of esters is 1. The van der Waals surface area contributed by atoms with Crippen LogP contribution in [-0.4, -0.2) is 13.1 Å². The van der Waals surface area contributed by atoms with Gasteiger partial charge in [-0.1, -0.05) is 18.2 Å². The van der Waals surface area contributed by atoms with Crippen molar-refractivity contribution >= 4 is 17.3 Å². The molecular formula is C16H18N2O2. The number of rotatable bonds is 4. The summed E-state index contributed by atoms with van der Waals surface area (Å²) in [5.41, 5.74) is 10.2. The lowest BCUT2D eigenvalue weighted by atomic mass is 10.1. The van der Waals surface area contributed by atoms with Gasteiger partial charge in [0.1, 0.15) is 0 Å². The summed E-state index contributed by atoms with van der Waals surface area (Å²) in [6.45, 7) is 2.59. The van der Waals surface area contributed by atoms with Crippen molar-refractivity contribution in [2.45, 2.75) is 13.5 Å². The summed E-state index contributed by atoms with van der Waals surface area (Å²) in [5, 5.41) is 3.32. The Morgan fingerprint density at radius 1 is 1.25 bits per heavy atom. The predicted molar refractivity (Wildman–Crippen MR) is 80.7 cm³/mol. The number of hydrogen-bond acceptors (Lipinski definition) is 4. The summed E-state index contributed by atoms with van der Waals surface area (Å²) in [4.78, 5) is 11.4. The lowest BCUT2D eigenvalue weighted by Crippen LogP contribution is -2.06. The molecule has 4 heteroatoms. The number of carbonyl (C=O) groups excluding carboxylic acids is 1. The van der Waals surface area contributed by atoms with Crippen LogP contribution >= 0.6 is 0 Å². The minimum absolute atomic E-state index is 0.327. The van der Waals surface area contributed by atoms with Gasteiger partial charge in [-0.2, -0.15) is 0 Å². The first-order valence-corrected chi connectivity index (χ1v) is 6.38. The van der Waals surface area contributed by atoms with Crippen molar-refractivity contribution in [3.63, 3.8) is 0 Å². The van der Waals surface area contributed by atoms with E-state index < -0.39 is 0 Å². The van der Waals surface area contributed by atoms with Crippen molar-refractivity contribution in [1.29, 1.82) is 0 Å². The van der Waals surface area contributed by atoms with E-state index in [-0.39, 0.29) is 5.97 Å². The molecule has 0 saturated heterocycles. The normalized spacial score (nSPS) is 10.1. The summed E-state index contributed by atoms with van der Waals surface area (Å²) >= 11 is 0. The fourth-order valence-electron chi connectivity index (χ4n) is 1.99. The number of carbonyl (C=O) groups is 1. The number of anilines is 2. The molecule has 0 radical (unpaired) electrons. The van der Waals surface area contributed by atoms with Crippen LogP contribution in [0.1, 0.15) is 21.5 Å². The van der Waals surface area contributed by atoms with Crippen molar-refractivity contribution < 1.29 is 9.53 Å². The molecule has 2 rings (SSSR count). The van der Waals surface area contributed by atoms with E-state index in [0.29, 0.717) is 12.1 Å². The summed E-state index contributed by atoms with van der Waals surface area (Å²) in [5.74, 6) is -0.327. The minimum atomic E-state index is -0.327. The minimum Gasteiger partial charge on any atom is -0.465 e. The quantitative estimate of drug-likeness (QED) is 0.662. The fourth-order valence-corrected chi connectivity index (χ4v) is 1.99. The van der Waals surface area contributed by atoms with Gasteiger partial charge in [0.2, 0.25) is 0 Å². The number of hydrogen-bond donors (Lipinski definition) is 2. The van der Waals surface area contributed by atoms with E-state index in [1.54, 1.807) is 6.07 Å². The van der Waals surface area contributed by atoms with Crippen LogP contribution < -0.4 is 11.1 Å². The standard InChI is InChI=1S/C16H18N2O2/c1-11-9-12(16(19)20-2)7-8-15(11)18-10-13-5-3-4-6-14(13)17/h3-9,18H,10,17H2,1-2H3. The molecule has 0 unspecified atom stereocenters. The van der Waals surface area contributed by atoms with Crippen LogP contribution in [0.4, 0.5) is 11.4 Å².